The third-order valence-electron chi connectivity index (χ3n) is 3.76. The summed E-state index contributed by atoms with van der Waals surface area (Å²) in [5, 5.41) is 11.0. The first-order valence-electron chi connectivity index (χ1n) is 7.28. The number of halogens is 3. The number of rotatable bonds is 5. The largest absolute Gasteiger partial charge is 0.481 e. The van der Waals surface area contributed by atoms with E-state index in [4.69, 9.17) is 5.11 Å². The average molecular weight is 367 g/mol. The second kappa shape index (κ2) is 6.36. The number of hydrogen-bond donors (Lipinski definition) is 2. The normalized spacial score (nSPS) is 11.8. The standard InChI is InChI=1S/C17H12F3NO3S/c18-17(19,20)10-1-2-11-12(7-21-13(11)6-10)9-5-15(25-8-9)14(22)3-4-16(23)24/h1-2,5-8,21H,3-4H2,(H,23,24). The van der Waals surface area contributed by atoms with Crippen molar-refractivity contribution in [1.82, 2.24) is 4.98 Å². The third kappa shape index (κ3) is 3.58. The smallest absolute Gasteiger partial charge is 0.416 e. The molecule has 0 aliphatic carbocycles. The zero-order valence-corrected chi connectivity index (χ0v) is 13.5. The predicted molar refractivity (Wildman–Crippen MR) is 87.8 cm³/mol. The molecule has 3 aromatic rings. The lowest BCUT2D eigenvalue weighted by atomic mass is 10.0. The van der Waals surface area contributed by atoms with Crippen LogP contribution in [-0.2, 0) is 11.0 Å². The van der Waals surface area contributed by atoms with Gasteiger partial charge in [0.25, 0.3) is 0 Å². The van der Waals surface area contributed by atoms with E-state index in [-0.39, 0.29) is 18.6 Å². The molecule has 0 aliphatic rings. The Balaban J connectivity index is 1.90. The molecular weight excluding hydrogens is 355 g/mol. The minimum atomic E-state index is -4.41. The monoisotopic (exact) mass is 367 g/mol. The number of fused-ring (bicyclic) bond motifs is 1. The first-order chi connectivity index (χ1) is 11.8. The van der Waals surface area contributed by atoms with Crippen molar-refractivity contribution in [2.45, 2.75) is 19.0 Å². The number of nitrogens with one attached hydrogen (secondary N) is 1. The zero-order valence-electron chi connectivity index (χ0n) is 12.7. The molecular formula is C17H12F3NO3S. The maximum atomic E-state index is 12.8. The Morgan fingerprint density at radius 1 is 1.16 bits per heavy atom. The number of Topliss-reactive ketones (excluding diaryl/α,β-unsaturated/α-hetero) is 1. The SMILES string of the molecule is O=C(O)CCC(=O)c1cc(-c2c[nH]c3cc(C(F)(F)F)ccc23)cs1. The van der Waals surface area contributed by atoms with Crippen molar-refractivity contribution in [3.8, 4) is 11.1 Å². The molecule has 1 aromatic carbocycles. The topological polar surface area (TPSA) is 70.2 Å². The van der Waals surface area contributed by atoms with E-state index in [9.17, 15) is 22.8 Å². The Morgan fingerprint density at radius 2 is 1.92 bits per heavy atom. The van der Waals surface area contributed by atoms with Crippen LogP contribution >= 0.6 is 11.3 Å². The van der Waals surface area contributed by atoms with Crippen molar-refractivity contribution in [2.24, 2.45) is 0 Å². The summed E-state index contributed by atoms with van der Waals surface area (Å²) in [7, 11) is 0. The molecule has 0 bridgehead atoms. The van der Waals surface area contributed by atoms with Gasteiger partial charge in [-0.25, -0.2) is 0 Å². The summed E-state index contributed by atoms with van der Waals surface area (Å²) in [5.74, 6) is -1.31. The summed E-state index contributed by atoms with van der Waals surface area (Å²) in [6.07, 6.45) is -3.14. The summed E-state index contributed by atoms with van der Waals surface area (Å²) < 4.78 is 38.3. The van der Waals surface area contributed by atoms with Crippen molar-refractivity contribution in [3.05, 3.63) is 46.3 Å². The molecule has 4 nitrogen and oxygen atoms in total. The number of benzene rings is 1. The molecule has 0 aliphatic heterocycles. The highest BCUT2D eigenvalue weighted by Gasteiger charge is 2.30. The number of aromatic amines is 1. The number of carboxylic acids is 1. The summed E-state index contributed by atoms with van der Waals surface area (Å²) >= 11 is 1.19. The fraction of sp³-hybridized carbons (Fsp3) is 0.176. The van der Waals surface area contributed by atoms with Crippen LogP contribution in [-0.4, -0.2) is 21.8 Å². The molecule has 0 unspecified atom stereocenters. The van der Waals surface area contributed by atoms with Crippen LogP contribution in [0.3, 0.4) is 0 Å². The molecule has 0 spiro atoms. The quantitative estimate of drug-likeness (QED) is 0.626. The number of H-pyrrole nitrogens is 1. The van der Waals surface area contributed by atoms with Gasteiger partial charge in [-0.1, -0.05) is 6.07 Å². The molecule has 0 radical (unpaired) electrons. The van der Waals surface area contributed by atoms with Crippen molar-refractivity contribution in [1.29, 1.82) is 0 Å². The Labute approximate surface area is 143 Å². The van der Waals surface area contributed by atoms with Gasteiger partial charge >= 0.3 is 12.1 Å². The van der Waals surface area contributed by atoms with E-state index in [1.165, 1.54) is 17.4 Å². The number of thiophene rings is 1. The number of hydrogen-bond acceptors (Lipinski definition) is 3. The molecule has 0 amide bonds. The van der Waals surface area contributed by atoms with Crippen LogP contribution in [0.25, 0.3) is 22.0 Å². The van der Waals surface area contributed by atoms with Gasteiger partial charge in [0.05, 0.1) is 16.9 Å². The van der Waals surface area contributed by atoms with Crippen molar-refractivity contribution < 1.29 is 27.9 Å². The number of carboxylic acid groups (broad SMARTS) is 1. The summed E-state index contributed by atoms with van der Waals surface area (Å²) in [6.45, 7) is 0. The average Bonchev–Trinajstić information content (AvgIpc) is 3.17. The number of aromatic nitrogens is 1. The molecule has 2 N–H and O–H groups in total. The molecule has 2 aromatic heterocycles. The first-order valence-corrected chi connectivity index (χ1v) is 8.16. The fourth-order valence-electron chi connectivity index (χ4n) is 2.51. The van der Waals surface area contributed by atoms with Crippen molar-refractivity contribution >= 4 is 34.0 Å². The van der Waals surface area contributed by atoms with Crippen LogP contribution in [0.2, 0.25) is 0 Å². The molecule has 3 rings (SSSR count). The number of ketones is 1. The number of carbonyl (C=O) groups is 2. The Morgan fingerprint density at radius 3 is 2.60 bits per heavy atom. The molecule has 25 heavy (non-hydrogen) atoms. The van der Waals surface area contributed by atoms with Crippen LogP contribution in [0.1, 0.15) is 28.1 Å². The van der Waals surface area contributed by atoms with Crippen LogP contribution in [0.15, 0.2) is 35.8 Å². The van der Waals surface area contributed by atoms with Gasteiger partial charge in [-0.05, 0) is 29.1 Å². The lowest BCUT2D eigenvalue weighted by Gasteiger charge is -2.06. The van der Waals surface area contributed by atoms with Crippen LogP contribution in [0.4, 0.5) is 13.2 Å². The van der Waals surface area contributed by atoms with E-state index in [2.05, 4.69) is 4.98 Å². The minimum absolute atomic E-state index is 0.0852. The second-order valence-corrected chi connectivity index (χ2v) is 6.39. The highest BCUT2D eigenvalue weighted by Crippen LogP contribution is 2.36. The van der Waals surface area contributed by atoms with Gasteiger partial charge in [0, 0.05) is 29.1 Å². The highest BCUT2D eigenvalue weighted by molar-refractivity contribution is 7.12. The van der Waals surface area contributed by atoms with Gasteiger partial charge in [-0.2, -0.15) is 13.2 Å². The minimum Gasteiger partial charge on any atom is -0.481 e. The van der Waals surface area contributed by atoms with Gasteiger partial charge in [0.15, 0.2) is 5.78 Å². The molecule has 0 fully saturated rings. The number of carbonyl (C=O) groups excluding carboxylic acids is 1. The van der Waals surface area contributed by atoms with E-state index < -0.39 is 17.7 Å². The first kappa shape index (κ1) is 17.2. The Bertz CT molecular complexity index is 956. The van der Waals surface area contributed by atoms with Crippen LogP contribution in [0.5, 0.6) is 0 Å². The lowest BCUT2D eigenvalue weighted by Crippen LogP contribution is -2.04. The molecule has 2 heterocycles. The van der Waals surface area contributed by atoms with Crippen molar-refractivity contribution in [3.63, 3.8) is 0 Å². The number of aliphatic carboxylic acids is 1. The molecule has 0 saturated heterocycles. The number of alkyl halides is 3. The molecule has 0 saturated carbocycles. The maximum absolute atomic E-state index is 12.8. The Hall–Kier alpha value is -2.61. The summed E-state index contributed by atoms with van der Waals surface area (Å²) in [6, 6.07) is 5.10. The summed E-state index contributed by atoms with van der Waals surface area (Å²) in [4.78, 5) is 25.8. The van der Waals surface area contributed by atoms with E-state index in [0.717, 1.165) is 12.1 Å². The van der Waals surface area contributed by atoms with E-state index >= 15 is 0 Å². The predicted octanol–water partition coefficient (Wildman–Crippen LogP) is 4.96. The maximum Gasteiger partial charge on any atom is 0.416 e. The third-order valence-corrected chi connectivity index (χ3v) is 4.73. The fourth-order valence-corrected chi connectivity index (χ4v) is 3.39. The Kier molecular flexibility index (Phi) is 4.38. The molecule has 8 heteroatoms. The molecule has 0 atom stereocenters. The van der Waals surface area contributed by atoms with Crippen LogP contribution < -0.4 is 0 Å². The summed E-state index contributed by atoms with van der Waals surface area (Å²) in [5.41, 5.74) is 1.02. The lowest BCUT2D eigenvalue weighted by molar-refractivity contribution is -0.138. The van der Waals surface area contributed by atoms with Gasteiger partial charge < -0.3 is 10.1 Å². The van der Waals surface area contributed by atoms with Gasteiger partial charge in [-0.15, -0.1) is 11.3 Å². The highest BCUT2D eigenvalue weighted by atomic mass is 32.1. The van der Waals surface area contributed by atoms with E-state index in [1.54, 1.807) is 17.6 Å². The van der Waals surface area contributed by atoms with Crippen molar-refractivity contribution in [2.75, 3.05) is 0 Å². The zero-order chi connectivity index (χ0) is 18.2. The van der Waals surface area contributed by atoms with Crippen LogP contribution in [0, 0.1) is 0 Å². The van der Waals surface area contributed by atoms with Gasteiger partial charge in [0.1, 0.15) is 0 Å². The molecule has 130 valence electrons. The van der Waals surface area contributed by atoms with Gasteiger partial charge in [0.2, 0.25) is 0 Å². The van der Waals surface area contributed by atoms with E-state index in [1.807, 2.05) is 0 Å². The van der Waals surface area contributed by atoms with Gasteiger partial charge in [-0.3, -0.25) is 9.59 Å². The second-order valence-electron chi connectivity index (χ2n) is 5.48. The van der Waals surface area contributed by atoms with E-state index in [0.29, 0.717) is 26.9 Å².